The molecule has 6 nitrogen and oxygen atoms in total. The molecule has 0 bridgehead atoms. The minimum atomic E-state index is -3.57. The van der Waals surface area contributed by atoms with Gasteiger partial charge in [0.1, 0.15) is 11.7 Å². The van der Waals surface area contributed by atoms with E-state index < -0.39 is 10.0 Å². The smallest absolute Gasteiger partial charge is 0.240 e. The van der Waals surface area contributed by atoms with Crippen molar-refractivity contribution in [3.05, 3.63) is 60.2 Å². The van der Waals surface area contributed by atoms with Crippen LogP contribution in [-0.2, 0) is 16.6 Å². The number of aromatic nitrogens is 2. The van der Waals surface area contributed by atoms with E-state index >= 15 is 0 Å². The lowest BCUT2D eigenvalue weighted by atomic mass is 10.0. The van der Waals surface area contributed by atoms with Crippen LogP contribution in [0.3, 0.4) is 0 Å². The first-order valence-corrected chi connectivity index (χ1v) is 10.8. The van der Waals surface area contributed by atoms with Crippen LogP contribution >= 0.6 is 12.4 Å². The molecule has 0 aliphatic carbocycles. The Morgan fingerprint density at radius 2 is 1.97 bits per heavy atom. The van der Waals surface area contributed by atoms with E-state index in [2.05, 4.69) is 4.72 Å². The molecule has 0 fully saturated rings. The molecular formula is C21H26ClFN4O2S. The second kappa shape index (κ2) is 9.70. The SMILES string of the molecule is CNS(=O)(=O)c1cccc(-c2cccc3c2nc(C(C)C)n3C/C(F)=C/CN)c1.Cl. The first-order chi connectivity index (χ1) is 13.8. The van der Waals surface area contributed by atoms with Gasteiger partial charge in [-0.05, 0) is 36.9 Å². The Bertz CT molecular complexity index is 1170. The number of allylic oxidation sites excluding steroid dienone is 1. The van der Waals surface area contributed by atoms with Crippen LogP contribution in [-0.4, -0.2) is 31.6 Å². The number of para-hydroxylation sites is 1. The zero-order chi connectivity index (χ0) is 21.2. The molecule has 1 aromatic heterocycles. The van der Waals surface area contributed by atoms with E-state index in [4.69, 9.17) is 10.7 Å². The number of nitrogens with two attached hydrogens (primary N) is 1. The highest BCUT2D eigenvalue weighted by Crippen LogP contribution is 2.32. The maximum Gasteiger partial charge on any atom is 0.240 e. The van der Waals surface area contributed by atoms with Crippen LogP contribution in [0.5, 0.6) is 0 Å². The molecule has 0 spiro atoms. The van der Waals surface area contributed by atoms with Crippen LogP contribution in [0.25, 0.3) is 22.2 Å². The molecule has 3 rings (SSSR count). The molecule has 2 aromatic carbocycles. The van der Waals surface area contributed by atoms with E-state index in [1.54, 1.807) is 18.2 Å². The van der Waals surface area contributed by atoms with Gasteiger partial charge < -0.3 is 10.3 Å². The number of imidazole rings is 1. The summed E-state index contributed by atoms with van der Waals surface area (Å²) in [7, 11) is -2.19. The number of benzene rings is 2. The summed E-state index contributed by atoms with van der Waals surface area (Å²) in [4.78, 5) is 4.96. The summed E-state index contributed by atoms with van der Waals surface area (Å²) in [6.45, 7) is 4.19. The number of hydrogen-bond donors (Lipinski definition) is 2. The summed E-state index contributed by atoms with van der Waals surface area (Å²) >= 11 is 0. The summed E-state index contributed by atoms with van der Waals surface area (Å²) in [6.07, 6.45) is 1.35. The Kier molecular flexibility index (Phi) is 7.76. The first-order valence-electron chi connectivity index (χ1n) is 9.36. The summed E-state index contributed by atoms with van der Waals surface area (Å²) in [5, 5.41) is 0. The van der Waals surface area contributed by atoms with Crippen LogP contribution in [0.15, 0.2) is 59.3 Å². The normalized spacial score (nSPS) is 12.4. The fourth-order valence-electron chi connectivity index (χ4n) is 3.30. The van der Waals surface area contributed by atoms with Crippen molar-refractivity contribution in [1.82, 2.24) is 14.3 Å². The van der Waals surface area contributed by atoms with Gasteiger partial charge in [0, 0.05) is 18.0 Å². The van der Waals surface area contributed by atoms with Gasteiger partial charge in [0.2, 0.25) is 10.0 Å². The highest BCUT2D eigenvalue weighted by atomic mass is 35.5. The Morgan fingerprint density at radius 3 is 2.60 bits per heavy atom. The molecule has 0 unspecified atom stereocenters. The van der Waals surface area contributed by atoms with E-state index in [1.165, 1.54) is 13.1 Å². The van der Waals surface area contributed by atoms with Crippen LogP contribution in [0.2, 0.25) is 0 Å². The average molecular weight is 453 g/mol. The topological polar surface area (TPSA) is 90.0 Å². The molecule has 3 N–H and O–H groups in total. The summed E-state index contributed by atoms with van der Waals surface area (Å²) in [5.41, 5.74) is 8.44. The molecule has 162 valence electrons. The summed E-state index contributed by atoms with van der Waals surface area (Å²) in [6, 6.07) is 12.3. The van der Waals surface area contributed by atoms with Gasteiger partial charge in [0.05, 0.1) is 22.5 Å². The quantitative estimate of drug-likeness (QED) is 0.567. The van der Waals surface area contributed by atoms with E-state index in [0.717, 1.165) is 22.5 Å². The zero-order valence-corrected chi connectivity index (χ0v) is 18.7. The number of nitrogens with zero attached hydrogens (tertiary/aromatic N) is 2. The minimum absolute atomic E-state index is 0. The van der Waals surface area contributed by atoms with Crippen molar-refractivity contribution >= 4 is 33.5 Å². The molecule has 0 aliphatic rings. The molecule has 0 amide bonds. The molecular weight excluding hydrogens is 427 g/mol. The third-order valence-corrected chi connectivity index (χ3v) is 6.11. The monoisotopic (exact) mass is 452 g/mol. The molecule has 30 heavy (non-hydrogen) atoms. The van der Waals surface area contributed by atoms with Gasteiger partial charge in [-0.2, -0.15) is 0 Å². The van der Waals surface area contributed by atoms with Crippen molar-refractivity contribution in [2.45, 2.75) is 31.2 Å². The largest absolute Gasteiger partial charge is 0.327 e. The number of hydrogen-bond acceptors (Lipinski definition) is 4. The molecule has 0 atom stereocenters. The van der Waals surface area contributed by atoms with E-state index in [-0.39, 0.29) is 42.1 Å². The summed E-state index contributed by atoms with van der Waals surface area (Å²) in [5.74, 6) is 0.519. The van der Waals surface area contributed by atoms with Crippen LogP contribution < -0.4 is 10.5 Å². The average Bonchev–Trinajstić information content (AvgIpc) is 3.07. The predicted molar refractivity (Wildman–Crippen MR) is 121 cm³/mol. The lowest BCUT2D eigenvalue weighted by molar-refractivity contribution is 0.541. The molecule has 1 heterocycles. The fraction of sp³-hybridized carbons (Fsp3) is 0.286. The Hall–Kier alpha value is -2.26. The summed E-state index contributed by atoms with van der Waals surface area (Å²) < 4.78 is 42.8. The van der Waals surface area contributed by atoms with Crippen LogP contribution in [0, 0.1) is 0 Å². The molecule has 0 saturated heterocycles. The highest BCUT2D eigenvalue weighted by Gasteiger charge is 2.19. The van der Waals surface area contributed by atoms with E-state index in [1.807, 2.05) is 42.7 Å². The first kappa shape index (κ1) is 24.0. The second-order valence-corrected chi connectivity index (χ2v) is 8.89. The number of nitrogens with one attached hydrogen (secondary N) is 1. The third kappa shape index (κ3) is 4.73. The van der Waals surface area contributed by atoms with Gasteiger partial charge in [-0.15, -0.1) is 12.4 Å². The van der Waals surface area contributed by atoms with Gasteiger partial charge in [-0.1, -0.05) is 38.1 Å². The maximum absolute atomic E-state index is 14.2. The molecule has 0 radical (unpaired) electrons. The van der Waals surface area contributed by atoms with Crippen LogP contribution in [0.1, 0.15) is 25.6 Å². The van der Waals surface area contributed by atoms with Crippen molar-refractivity contribution < 1.29 is 12.8 Å². The predicted octanol–water partition coefficient (Wildman–Crippen LogP) is 3.97. The van der Waals surface area contributed by atoms with Crippen LogP contribution in [0.4, 0.5) is 4.39 Å². The second-order valence-electron chi connectivity index (χ2n) is 7.01. The Balaban J connectivity index is 0.00000320. The van der Waals surface area contributed by atoms with Crippen molar-refractivity contribution in [2.75, 3.05) is 13.6 Å². The number of fused-ring (bicyclic) bond motifs is 1. The minimum Gasteiger partial charge on any atom is -0.327 e. The molecule has 3 aromatic rings. The van der Waals surface area contributed by atoms with Gasteiger partial charge in [-0.25, -0.2) is 22.5 Å². The number of sulfonamides is 1. The number of halogens is 2. The third-order valence-electron chi connectivity index (χ3n) is 4.70. The number of rotatable bonds is 7. The van der Waals surface area contributed by atoms with Gasteiger partial charge >= 0.3 is 0 Å². The van der Waals surface area contributed by atoms with Crippen molar-refractivity contribution in [3.63, 3.8) is 0 Å². The lowest BCUT2D eigenvalue weighted by Gasteiger charge is -2.10. The Morgan fingerprint density at radius 1 is 1.27 bits per heavy atom. The molecule has 9 heteroatoms. The zero-order valence-electron chi connectivity index (χ0n) is 17.1. The van der Waals surface area contributed by atoms with Gasteiger partial charge in [0.15, 0.2) is 0 Å². The van der Waals surface area contributed by atoms with Crippen molar-refractivity contribution in [1.29, 1.82) is 0 Å². The maximum atomic E-state index is 14.2. The van der Waals surface area contributed by atoms with E-state index in [9.17, 15) is 12.8 Å². The standard InChI is InChI=1S/C21H25FN4O2S.ClH/c1-14(2)21-25-20-18(15-6-4-7-17(12-15)29(27,28)24-3)8-5-9-19(20)26(21)13-16(22)10-11-23;/h4-10,12,14,24H,11,13,23H2,1-3H3;1H/b16-10-;. The highest BCUT2D eigenvalue weighted by molar-refractivity contribution is 7.89. The van der Waals surface area contributed by atoms with E-state index in [0.29, 0.717) is 5.52 Å². The van der Waals surface area contributed by atoms with Gasteiger partial charge in [-0.3, -0.25) is 0 Å². The Labute approximate surface area is 182 Å². The lowest BCUT2D eigenvalue weighted by Crippen LogP contribution is -2.18. The van der Waals surface area contributed by atoms with Crippen molar-refractivity contribution in [2.24, 2.45) is 5.73 Å². The molecule has 0 saturated carbocycles. The molecule has 0 aliphatic heterocycles. The fourth-order valence-corrected chi connectivity index (χ4v) is 4.07. The van der Waals surface area contributed by atoms with Gasteiger partial charge in [0.25, 0.3) is 0 Å². The van der Waals surface area contributed by atoms with Crippen molar-refractivity contribution in [3.8, 4) is 11.1 Å².